The van der Waals surface area contributed by atoms with E-state index in [1.54, 1.807) is 4.90 Å². The van der Waals surface area contributed by atoms with Gasteiger partial charge < -0.3 is 19.7 Å². The molecule has 118 valence electrons. The summed E-state index contributed by atoms with van der Waals surface area (Å²) in [5.74, 6) is 0.435. The first-order chi connectivity index (χ1) is 9.37. The third-order valence-electron chi connectivity index (χ3n) is 3.46. The summed E-state index contributed by atoms with van der Waals surface area (Å²) in [4.78, 5) is 13.8. The summed E-state index contributed by atoms with van der Waals surface area (Å²) >= 11 is 0. The zero-order chi connectivity index (χ0) is 15.2. The summed E-state index contributed by atoms with van der Waals surface area (Å²) in [7, 11) is 1.95. The van der Waals surface area contributed by atoms with Crippen molar-refractivity contribution in [2.24, 2.45) is 5.92 Å². The monoisotopic (exact) mass is 286 g/mol. The van der Waals surface area contributed by atoms with Crippen LogP contribution in [0, 0.1) is 5.92 Å². The van der Waals surface area contributed by atoms with Crippen molar-refractivity contribution < 1.29 is 14.3 Å². The van der Waals surface area contributed by atoms with Crippen molar-refractivity contribution in [1.82, 2.24) is 10.2 Å². The number of nitrogens with one attached hydrogen (secondary N) is 1. The Morgan fingerprint density at radius 2 is 2.15 bits per heavy atom. The second kappa shape index (κ2) is 7.84. The SMILES string of the molecule is CCCOCC(NC)C1CCN(C(=O)OC(C)(C)C)C1. The predicted molar refractivity (Wildman–Crippen MR) is 79.9 cm³/mol. The topological polar surface area (TPSA) is 50.8 Å². The molecule has 0 radical (unpaired) electrons. The van der Waals surface area contributed by atoms with Crippen LogP contribution < -0.4 is 5.32 Å². The fraction of sp³-hybridized carbons (Fsp3) is 0.933. The normalized spacial score (nSPS) is 21.1. The quantitative estimate of drug-likeness (QED) is 0.761. The molecule has 1 amide bonds. The second-order valence-corrected chi connectivity index (χ2v) is 6.45. The van der Waals surface area contributed by atoms with Gasteiger partial charge in [-0.15, -0.1) is 0 Å². The van der Waals surface area contributed by atoms with E-state index < -0.39 is 5.60 Å². The first kappa shape index (κ1) is 17.2. The maximum atomic E-state index is 12.0. The van der Waals surface area contributed by atoms with E-state index >= 15 is 0 Å². The van der Waals surface area contributed by atoms with Gasteiger partial charge in [0.05, 0.1) is 6.61 Å². The highest BCUT2D eigenvalue weighted by molar-refractivity contribution is 5.68. The maximum absolute atomic E-state index is 12.0. The van der Waals surface area contributed by atoms with Crippen molar-refractivity contribution in [3.8, 4) is 0 Å². The van der Waals surface area contributed by atoms with Gasteiger partial charge in [-0.1, -0.05) is 6.92 Å². The van der Waals surface area contributed by atoms with Crippen molar-refractivity contribution in [2.45, 2.75) is 52.2 Å². The molecule has 0 saturated carbocycles. The minimum Gasteiger partial charge on any atom is -0.444 e. The number of rotatable bonds is 6. The number of carbonyl (C=O) groups is 1. The van der Waals surface area contributed by atoms with Crippen LogP contribution in [-0.4, -0.2) is 56.0 Å². The number of amides is 1. The summed E-state index contributed by atoms with van der Waals surface area (Å²) in [5, 5.41) is 3.31. The Morgan fingerprint density at radius 1 is 1.45 bits per heavy atom. The molecule has 1 fully saturated rings. The summed E-state index contributed by atoms with van der Waals surface area (Å²) in [6.45, 7) is 10.8. The molecule has 1 aliphatic rings. The molecule has 0 aromatic carbocycles. The lowest BCUT2D eigenvalue weighted by Gasteiger charge is -2.26. The molecule has 5 nitrogen and oxygen atoms in total. The molecule has 1 rings (SSSR count). The average Bonchev–Trinajstić information content (AvgIpc) is 2.82. The summed E-state index contributed by atoms with van der Waals surface area (Å²) in [6.07, 6.45) is 1.83. The molecule has 0 bridgehead atoms. The standard InChI is InChI=1S/C15H30N2O3/c1-6-9-19-11-13(16-5)12-7-8-17(10-12)14(18)20-15(2,3)4/h12-13,16H,6-11H2,1-5H3. The lowest BCUT2D eigenvalue weighted by atomic mass is 10.00. The van der Waals surface area contributed by atoms with Crippen molar-refractivity contribution in [3.63, 3.8) is 0 Å². The van der Waals surface area contributed by atoms with Gasteiger partial charge >= 0.3 is 6.09 Å². The Morgan fingerprint density at radius 3 is 2.70 bits per heavy atom. The van der Waals surface area contributed by atoms with Gasteiger partial charge in [-0.2, -0.15) is 0 Å². The zero-order valence-electron chi connectivity index (χ0n) is 13.6. The van der Waals surface area contributed by atoms with Gasteiger partial charge in [-0.25, -0.2) is 4.79 Å². The molecule has 0 aromatic rings. The molecular weight excluding hydrogens is 256 g/mol. The molecule has 5 heteroatoms. The van der Waals surface area contributed by atoms with Gasteiger partial charge in [-0.05, 0) is 46.6 Å². The largest absolute Gasteiger partial charge is 0.444 e. The summed E-state index contributed by atoms with van der Waals surface area (Å²) in [6, 6.07) is 0.300. The average molecular weight is 286 g/mol. The minimum atomic E-state index is -0.429. The van der Waals surface area contributed by atoms with Crippen LogP contribution in [-0.2, 0) is 9.47 Å². The smallest absolute Gasteiger partial charge is 0.410 e. The highest BCUT2D eigenvalue weighted by Crippen LogP contribution is 2.22. The number of likely N-dealkylation sites (N-methyl/N-ethyl adjacent to an activating group) is 1. The van der Waals surface area contributed by atoms with Crippen LogP contribution in [0.4, 0.5) is 4.79 Å². The van der Waals surface area contributed by atoms with Crippen molar-refractivity contribution in [1.29, 1.82) is 0 Å². The van der Waals surface area contributed by atoms with Crippen LogP contribution in [0.1, 0.15) is 40.5 Å². The maximum Gasteiger partial charge on any atom is 0.410 e. The van der Waals surface area contributed by atoms with E-state index in [0.717, 1.165) is 32.5 Å². The third kappa shape index (κ3) is 5.67. The Bertz CT molecular complexity index is 302. The first-order valence-corrected chi connectivity index (χ1v) is 7.60. The van der Waals surface area contributed by atoms with E-state index in [0.29, 0.717) is 18.6 Å². The molecule has 0 aromatic heterocycles. The van der Waals surface area contributed by atoms with E-state index in [9.17, 15) is 4.79 Å². The van der Waals surface area contributed by atoms with Crippen LogP contribution in [0.15, 0.2) is 0 Å². The number of carbonyl (C=O) groups excluding carboxylic acids is 1. The summed E-state index contributed by atoms with van der Waals surface area (Å²) in [5.41, 5.74) is -0.429. The zero-order valence-corrected chi connectivity index (χ0v) is 13.6. The van der Waals surface area contributed by atoms with Gasteiger partial charge in [0, 0.05) is 25.7 Å². The highest BCUT2D eigenvalue weighted by atomic mass is 16.6. The lowest BCUT2D eigenvalue weighted by molar-refractivity contribution is 0.0278. The molecule has 0 spiro atoms. The molecular formula is C15H30N2O3. The molecule has 2 unspecified atom stereocenters. The van der Waals surface area contributed by atoms with Crippen LogP contribution >= 0.6 is 0 Å². The van der Waals surface area contributed by atoms with Crippen LogP contribution in [0.25, 0.3) is 0 Å². The molecule has 1 N–H and O–H groups in total. The van der Waals surface area contributed by atoms with Crippen LogP contribution in [0.3, 0.4) is 0 Å². The van der Waals surface area contributed by atoms with Gasteiger partial charge in [-0.3, -0.25) is 0 Å². The Balaban J connectivity index is 2.42. The molecule has 1 aliphatic heterocycles. The van der Waals surface area contributed by atoms with Crippen LogP contribution in [0.2, 0.25) is 0 Å². The van der Waals surface area contributed by atoms with E-state index in [1.165, 1.54) is 0 Å². The number of hydrogen-bond acceptors (Lipinski definition) is 4. The summed E-state index contributed by atoms with van der Waals surface area (Å²) < 4.78 is 11.0. The van der Waals surface area contributed by atoms with E-state index in [4.69, 9.17) is 9.47 Å². The van der Waals surface area contributed by atoms with Gasteiger partial charge in [0.2, 0.25) is 0 Å². The number of likely N-dealkylation sites (tertiary alicyclic amines) is 1. The fourth-order valence-corrected chi connectivity index (χ4v) is 2.42. The Hall–Kier alpha value is -0.810. The first-order valence-electron chi connectivity index (χ1n) is 7.60. The Kier molecular flexibility index (Phi) is 6.76. The lowest BCUT2D eigenvalue weighted by Crippen LogP contribution is -2.41. The van der Waals surface area contributed by atoms with E-state index in [-0.39, 0.29) is 6.09 Å². The van der Waals surface area contributed by atoms with Gasteiger partial charge in [0.25, 0.3) is 0 Å². The van der Waals surface area contributed by atoms with Gasteiger partial charge in [0.15, 0.2) is 0 Å². The molecule has 2 atom stereocenters. The third-order valence-corrected chi connectivity index (χ3v) is 3.46. The van der Waals surface area contributed by atoms with E-state index in [1.807, 2.05) is 27.8 Å². The minimum absolute atomic E-state index is 0.204. The number of ether oxygens (including phenoxy) is 2. The highest BCUT2D eigenvalue weighted by Gasteiger charge is 2.33. The number of hydrogen-bond donors (Lipinski definition) is 1. The predicted octanol–water partition coefficient (Wildman–Crippen LogP) is 2.26. The Labute approximate surface area is 123 Å². The second-order valence-electron chi connectivity index (χ2n) is 6.45. The molecule has 1 heterocycles. The molecule has 20 heavy (non-hydrogen) atoms. The van der Waals surface area contributed by atoms with Crippen molar-refractivity contribution >= 4 is 6.09 Å². The molecule has 1 saturated heterocycles. The van der Waals surface area contributed by atoms with Crippen molar-refractivity contribution in [2.75, 3.05) is 33.4 Å². The van der Waals surface area contributed by atoms with Crippen LogP contribution in [0.5, 0.6) is 0 Å². The molecule has 0 aliphatic carbocycles. The van der Waals surface area contributed by atoms with Crippen molar-refractivity contribution in [3.05, 3.63) is 0 Å². The van der Waals surface area contributed by atoms with Gasteiger partial charge in [0.1, 0.15) is 5.60 Å². The number of nitrogens with zero attached hydrogens (tertiary/aromatic N) is 1. The van der Waals surface area contributed by atoms with E-state index in [2.05, 4.69) is 12.2 Å². The fourth-order valence-electron chi connectivity index (χ4n) is 2.42.